The molecule has 0 saturated heterocycles. The van der Waals surface area contributed by atoms with Gasteiger partial charge in [-0.05, 0) is 24.3 Å². The van der Waals surface area contributed by atoms with Crippen molar-refractivity contribution >= 4 is 23.3 Å². The van der Waals surface area contributed by atoms with E-state index in [0.717, 1.165) is 13.2 Å². The number of nitrogens with one attached hydrogen (secondary N) is 1. The number of esters is 2. The van der Waals surface area contributed by atoms with Crippen LogP contribution in [0.2, 0.25) is 0 Å². The van der Waals surface area contributed by atoms with Crippen LogP contribution in [0.3, 0.4) is 0 Å². The Morgan fingerprint density at radius 1 is 0.955 bits per heavy atom. The Hall–Kier alpha value is -2.89. The Labute approximate surface area is 126 Å². The van der Waals surface area contributed by atoms with E-state index in [9.17, 15) is 14.0 Å². The Balaban J connectivity index is 2.52. The predicted molar refractivity (Wildman–Crippen MR) is 78.8 cm³/mol. The van der Waals surface area contributed by atoms with Crippen LogP contribution in [0.4, 0.5) is 15.8 Å². The molecule has 2 aromatic carbocycles. The number of para-hydroxylation sites is 1. The molecule has 6 heteroatoms. The first-order chi connectivity index (χ1) is 10.6. The third-order valence-electron chi connectivity index (χ3n) is 2.97. The van der Waals surface area contributed by atoms with Gasteiger partial charge in [0.25, 0.3) is 0 Å². The van der Waals surface area contributed by atoms with Crippen LogP contribution in [0.25, 0.3) is 0 Å². The number of rotatable bonds is 4. The maximum Gasteiger partial charge on any atom is 0.340 e. The Morgan fingerprint density at radius 2 is 1.55 bits per heavy atom. The van der Waals surface area contributed by atoms with Gasteiger partial charge in [0.15, 0.2) is 0 Å². The number of hydrogen-bond acceptors (Lipinski definition) is 5. The van der Waals surface area contributed by atoms with Crippen molar-refractivity contribution in [3.63, 3.8) is 0 Å². The number of hydrogen-bond donors (Lipinski definition) is 1. The van der Waals surface area contributed by atoms with Crippen molar-refractivity contribution in [2.75, 3.05) is 19.5 Å². The number of anilines is 2. The molecule has 0 radical (unpaired) electrons. The van der Waals surface area contributed by atoms with Crippen molar-refractivity contribution in [1.82, 2.24) is 0 Å². The van der Waals surface area contributed by atoms with Crippen LogP contribution < -0.4 is 5.32 Å². The average Bonchev–Trinajstić information content (AvgIpc) is 2.55. The number of methoxy groups -OCH3 is 2. The summed E-state index contributed by atoms with van der Waals surface area (Å²) < 4.78 is 23.1. The van der Waals surface area contributed by atoms with Crippen LogP contribution in [-0.4, -0.2) is 26.2 Å². The second-order valence-corrected chi connectivity index (χ2v) is 4.35. The lowest BCUT2D eigenvalue weighted by molar-refractivity contribution is 0.0582. The molecule has 0 spiro atoms. The lowest BCUT2D eigenvalue weighted by Gasteiger charge is -2.13. The first kappa shape index (κ1) is 15.5. The molecule has 0 aliphatic rings. The lowest BCUT2D eigenvalue weighted by atomic mass is 10.1. The summed E-state index contributed by atoms with van der Waals surface area (Å²) >= 11 is 0. The zero-order valence-electron chi connectivity index (χ0n) is 12.1. The van der Waals surface area contributed by atoms with Gasteiger partial charge in [-0.1, -0.05) is 18.2 Å². The summed E-state index contributed by atoms with van der Waals surface area (Å²) in [4.78, 5) is 23.4. The van der Waals surface area contributed by atoms with Crippen LogP contribution >= 0.6 is 0 Å². The molecule has 0 amide bonds. The molecule has 0 aromatic heterocycles. The van der Waals surface area contributed by atoms with Crippen molar-refractivity contribution < 1.29 is 23.5 Å². The molecule has 0 unspecified atom stereocenters. The zero-order valence-corrected chi connectivity index (χ0v) is 12.1. The fraction of sp³-hybridized carbons (Fsp3) is 0.125. The Morgan fingerprint density at radius 3 is 2.14 bits per heavy atom. The molecule has 114 valence electrons. The molecule has 0 saturated carbocycles. The summed E-state index contributed by atoms with van der Waals surface area (Å²) in [6, 6.07) is 11.1. The monoisotopic (exact) mass is 303 g/mol. The van der Waals surface area contributed by atoms with Gasteiger partial charge in [-0.2, -0.15) is 0 Å². The smallest absolute Gasteiger partial charge is 0.340 e. The second kappa shape index (κ2) is 6.71. The van der Waals surface area contributed by atoms with Crippen LogP contribution in [-0.2, 0) is 9.47 Å². The van der Waals surface area contributed by atoms with E-state index in [-0.39, 0.29) is 16.8 Å². The normalized spacial score (nSPS) is 9.95. The quantitative estimate of drug-likeness (QED) is 0.879. The minimum Gasteiger partial charge on any atom is -0.465 e. The van der Waals surface area contributed by atoms with Crippen molar-refractivity contribution in [2.24, 2.45) is 0 Å². The molecule has 22 heavy (non-hydrogen) atoms. The van der Waals surface area contributed by atoms with E-state index in [4.69, 9.17) is 0 Å². The Bertz CT molecular complexity index is 701. The van der Waals surface area contributed by atoms with Crippen LogP contribution in [0.5, 0.6) is 0 Å². The standard InChI is InChI=1S/C16H14FNO4/c1-21-15(19)11-9-14(18-10-6-4-3-5-7-10)12(8-13(11)17)16(20)22-2/h3-9,18H,1-2H3. The molecule has 1 N–H and O–H groups in total. The van der Waals surface area contributed by atoms with Gasteiger partial charge in [0.05, 0.1) is 31.0 Å². The van der Waals surface area contributed by atoms with E-state index in [0.29, 0.717) is 5.69 Å². The van der Waals surface area contributed by atoms with Gasteiger partial charge < -0.3 is 14.8 Å². The molecule has 0 bridgehead atoms. The molecule has 0 atom stereocenters. The number of carbonyl (C=O) groups is 2. The highest BCUT2D eigenvalue weighted by atomic mass is 19.1. The highest BCUT2D eigenvalue weighted by Gasteiger charge is 2.20. The minimum absolute atomic E-state index is 0.0171. The maximum absolute atomic E-state index is 14.0. The van der Waals surface area contributed by atoms with Crippen LogP contribution in [0.1, 0.15) is 20.7 Å². The minimum atomic E-state index is -0.856. The number of halogens is 1. The maximum atomic E-state index is 14.0. The van der Waals surface area contributed by atoms with Crippen molar-refractivity contribution in [2.45, 2.75) is 0 Å². The van der Waals surface area contributed by atoms with Gasteiger partial charge >= 0.3 is 11.9 Å². The third kappa shape index (κ3) is 3.22. The molecule has 0 aliphatic heterocycles. The van der Waals surface area contributed by atoms with Crippen molar-refractivity contribution in [3.05, 3.63) is 59.4 Å². The number of ether oxygens (including phenoxy) is 2. The summed E-state index contributed by atoms with van der Waals surface area (Å²) in [5.74, 6) is -2.40. The van der Waals surface area contributed by atoms with Crippen molar-refractivity contribution in [1.29, 1.82) is 0 Å². The van der Waals surface area contributed by atoms with E-state index in [1.807, 2.05) is 6.07 Å². The first-order valence-corrected chi connectivity index (χ1v) is 6.39. The molecular formula is C16H14FNO4. The molecule has 0 fully saturated rings. The van der Waals surface area contributed by atoms with Crippen LogP contribution in [0, 0.1) is 5.82 Å². The zero-order chi connectivity index (χ0) is 16.1. The van der Waals surface area contributed by atoms with Gasteiger partial charge in [-0.25, -0.2) is 14.0 Å². The fourth-order valence-corrected chi connectivity index (χ4v) is 1.90. The van der Waals surface area contributed by atoms with Gasteiger partial charge in [-0.15, -0.1) is 0 Å². The largest absolute Gasteiger partial charge is 0.465 e. The molecule has 5 nitrogen and oxygen atoms in total. The van der Waals surface area contributed by atoms with Gasteiger partial charge in [-0.3, -0.25) is 0 Å². The van der Waals surface area contributed by atoms with Gasteiger partial charge in [0.1, 0.15) is 5.82 Å². The fourth-order valence-electron chi connectivity index (χ4n) is 1.90. The predicted octanol–water partition coefficient (Wildman–Crippen LogP) is 3.14. The van der Waals surface area contributed by atoms with Crippen molar-refractivity contribution in [3.8, 4) is 0 Å². The van der Waals surface area contributed by atoms with Gasteiger partial charge in [0.2, 0.25) is 0 Å². The van der Waals surface area contributed by atoms with E-state index >= 15 is 0 Å². The topological polar surface area (TPSA) is 64.6 Å². The van der Waals surface area contributed by atoms with E-state index in [2.05, 4.69) is 14.8 Å². The molecular weight excluding hydrogens is 289 g/mol. The second-order valence-electron chi connectivity index (χ2n) is 4.35. The average molecular weight is 303 g/mol. The summed E-state index contributed by atoms with van der Waals surface area (Å²) in [6.45, 7) is 0. The number of carbonyl (C=O) groups excluding carboxylic acids is 2. The number of benzene rings is 2. The molecule has 2 aromatic rings. The van der Waals surface area contributed by atoms with Gasteiger partial charge in [0, 0.05) is 5.69 Å². The highest BCUT2D eigenvalue weighted by molar-refractivity contribution is 5.99. The molecule has 0 aliphatic carbocycles. The highest BCUT2D eigenvalue weighted by Crippen LogP contribution is 2.25. The van der Waals surface area contributed by atoms with Crippen LogP contribution in [0.15, 0.2) is 42.5 Å². The summed E-state index contributed by atoms with van der Waals surface area (Å²) in [5.41, 5.74) is 0.639. The van der Waals surface area contributed by atoms with E-state index in [1.165, 1.54) is 13.2 Å². The Kier molecular flexibility index (Phi) is 4.73. The molecule has 2 rings (SSSR count). The first-order valence-electron chi connectivity index (χ1n) is 6.39. The summed E-state index contributed by atoms with van der Waals surface area (Å²) in [5, 5.41) is 2.96. The lowest BCUT2D eigenvalue weighted by Crippen LogP contribution is -2.11. The SMILES string of the molecule is COC(=O)c1cc(Nc2ccccc2)c(C(=O)OC)cc1F. The van der Waals surface area contributed by atoms with E-state index < -0.39 is 17.8 Å². The third-order valence-corrected chi connectivity index (χ3v) is 2.97. The summed E-state index contributed by atoms with van der Waals surface area (Å²) in [6.07, 6.45) is 0. The summed E-state index contributed by atoms with van der Waals surface area (Å²) in [7, 11) is 2.35. The molecule has 0 heterocycles. The van der Waals surface area contributed by atoms with E-state index in [1.54, 1.807) is 24.3 Å².